The number of methoxy groups -OCH3 is 1. The second-order valence-corrected chi connectivity index (χ2v) is 5.21. The molecule has 0 amide bonds. The molecule has 6 nitrogen and oxygen atoms in total. The van der Waals surface area contributed by atoms with E-state index in [1.165, 1.54) is 7.11 Å². The number of aryl methyl sites for hydroxylation is 1. The minimum Gasteiger partial charge on any atom is -0.496 e. The van der Waals surface area contributed by atoms with Gasteiger partial charge in [-0.15, -0.1) is 0 Å². The number of benzene rings is 1. The van der Waals surface area contributed by atoms with E-state index in [1.54, 1.807) is 26.0 Å². The van der Waals surface area contributed by atoms with Gasteiger partial charge in [-0.1, -0.05) is 17.7 Å². The Hall–Kier alpha value is -2.34. The summed E-state index contributed by atoms with van der Waals surface area (Å²) in [6.45, 7) is 3.50. The number of halogens is 1. The Balaban J connectivity index is 2.51. The van der Waals surface area contributed by atoms with Crippen LogP contribution in [0.3, 0.4) is 0 Å². The summed E-state index contributed by atoms with van der Waals surface area (Å²) in [5.41, 5.74) is 8.55. The van der Waals surface area contributed by atoms with E-state index in [1.807, 2.05) is 0 Å². The fourth-order valence-electron chi connectivity index (χ4n) is 2.38. The number of rotatable bonds is 4. The Bertz CT molecular complexity index is 724. The van der Waals surface area contributed by atoms with E-state index in [-0.39, 0.29) is 16.7 Å². The summed E-state index contributed by atoms with van der Waals surface area (Å²) in [5, 5.41) is 9.46. The Labute approximate surface area is 132 Å². The number of carboxylic acid groups (broad SMARTS) is 1. The standard InChI is InChI=1S/C15H16ClN3O3/c1-7-10(14(20)21)5-4-9(12(7)22-3)6-11-8(2)18-15(17)19-13(11)16/h4-5H,6H2,1-3H3,(H,20,21)(H2,17,18,19). The molecule has 22 heavy (non-hydrogen) atoms. The quantitative estimate of drug-likeness (QED) is 0.840. The van der Waals surface area contributed by atoms with Gasteiger partial charge in [-0.05, 0) is 25.5 Å². The molecular formula is C15H16ClN3O3. The van der Waals surface area contributed by atoms with E-state index in [9.17, 15) is 9.90 Å². The molecule has 0 radical (unpaired) electrons. The minimum absolute atomic E-state index is 0.121. The van der Waals surface area contributed by atoms with E-state index in [0.717, 1.165) is 11.1 Å². The largest absolute Gasteiger partial charge is 0.496 e. The van der Waals surface area contributed by atoms with Crippen LogP contribution in [0, 0.1) is 13.8 Å². The normalized spacial score (nSPS) is 10.5. The van der Waals surface area contributed by atoms with Gasteiger partial charge in [0.25, 0.3) is 0 Å². The van der Waals surface area contributed by atoms with Crippen LogP contribution < -0.4 is 10.5 Å². The topological polar surface area (TPSA) is 98.3 Å². The van der Waals surface area contributed by atoms with Gasteiger partial charge in [-0.3, -0.25) is 0 Å². The van der Waals surface area contributed by atoms with Gasteiger partial charge in [-0.25, -0.2) is 14.8 Å². The molecule has 7 heteroatoms. The predicted molar refractivity (Wildman–Crippen MR) is 83.7 cm³/mol. The van der Waals surface area contributed by atoms with Crippen molar-refractivity contribution in [3.63, 3.8) is 0 Å². The highest BCUT2D eigenvalue weighted by molar-refractivity contribution is 6.30. The van der Waals surface area contributed by atoms with Crippen LogP contribution in [-0.4, -0.2) is 28.2 Å². The van der Waals surface area contributed by atoms with Crippen molar-refractivity contribution >= 4 is 23.5 Å². The monoisotopic (exact) mass is 321 g/mol. The smallest absolute Gasteiger partial charge is 0.336 e. The van der Waals surface area contributed by atoms with Crippen LogP contribution in [0.15, 0.2) is 12.1 Å². The van der Waals surface area contributed by atoms with Crippen molar-refractivity contribution in [1.29, 1.82) is 0 Å². The van der Waals surface area contributed by atoms with Crippen LogP contribution in [0.25, 0.3) is 0 Å². The summed E-state index contributed by atoms with van der Waals surface area (Å²) in [5.74, 6) is -0.352. The van der Waals surface area contributed by atoms with Crippen LogP contribution in [-0.2, 0) is 6.42 Å². The number of nitrogen functional groups attached to an aromatic ring is 1. The number of aromatic nitrogens is 2. The molecule has 0 saturated carbocycles. The minimum atomic E-state index is -0.993. The summed E-state index contributed by atoms with van der Waals surface area (Å²) < 4.78 is 5.37. The molecule has 2 rings (SSSR count). The summed E-state index contributed by atoms with van der Waals surface area (Å²) >= 11 is 6.14. The maximum Gasteiger partial charge on any atom is 0.336 e. The number of aromatic carboxylic acids is 1. The highest BCUT2D eigenvalue weighted by Crippen LogP contribution is 2.30. The van der Waals surface area contributed by atoms with Crippen LogP contribution in [0.4, 0.5) is 5.95 Å². The summed E-state index contributed by atoms with van der Waals surface area (Å²) in [6, 6.07) is 3.26. The van der Waals surface area contributed by atoms with E-state index < -0.39 is 5.97 Å². The third kappa shape index (κ3) is 2.96. The highest BCUT2D eigenvalue weighted by Gasteiger charge is 2.17. The summed E-state index contributed by atoms with van der Waals surface area (Å²) in [4.78, 5) is 19.2. The van der Waals surface area contributed by atoms with Gasteiger partial charge in [0.15, 0.2) is 0 Å². The first-order valence-corrected chi connectivity index (χ1v) is 6.91. The molecule has 0 bridgehead atoms. The lowest BCUT2D eigenvalue weighted by Gasteiger charge is -2.15. The van der Waals surface area contributed by atoms with E-state index in [0.29, 0.717) is 23.4 Å². The molecule has 0 fully saturated rings. The van der Waals surface area contributed by atoms with E-state index in [2.05, 4.69) is 9.97 Å². The fraction of sp³-hybridized carbons (Fsp3) is 0.267. The van der Waals surface area contributed by atoms with Gasteiger partial charge >= 0.3 is 5.97 Å². The van der Waals surface area contributed by atoms with Crippen LogP contribution in [0.5, 0.6) is 5.75 Å². The third-order valence-corrected chi connectivity index (χ3v) is 3.78. The molecule has 0 saturated heterocycles. The molecule has 0 aliphatic rings. The molecule has 0 unspecified atom stereocenters. The average molecular weight is 322 g/mol. The molecule has 0 spiro atoms. The summed E-state index contributed by atoms with van der Waals surface area (Å²) in [7, 11) is 1.51. The summed E-state index contributed by atoms with van der Waals surface area (Å²) in [6.07, 6.45) is 0.425. The number of hydrogen-bond donors (Lipinski definition) is 2. The molecule has 3 N–H and O–H groups in total. The molecule has 1 aromatic heterocycles. The lowest BCUT2D eigenvalue weighted by atomic mass is 9.98. The fourth-order valence-corrected chi connectivity index (χ4v) is 2.67. The predicted octanol–water partition coefficient (Wildman–Crippen LogP) is 2.63. The van der Waals surface area contributed by atoms with Gasteiger partial charge < -0.3 is 15.6 Å². The maximum atomic E-state index is 11.2. The Morgan fingerprint density at radius 2 is 2.05 bits per heavy atom. The molecule has 0 aliphatic carbocycles. The van der Waals surface area contributed by atoms with Crippen LogP contribution in [0.2, 0.25) is 5.15 Å². The second-order valence-electron chi connectivity index (χ2n) is 4.85. The van der Waals surface area contributed by atoms with Gasteiger partial charge in [0, 0.05) is 23.2 Å². The van der Waals surface area contributed by atoms with Crippen molar-refractivity contribution in [3.8, 4) is 5.75 Å². The first kappa shape index (κ1) is 16.0. The van der Waals surface area contributed by atoms with Crippen molar-refractivity contribution in [3.05, 3.63) is 45.2 Å². The van der Waals surface area contributed by atoms with Gasteiger partial charge in [0.2, 0.25) is 5.95 Å². The number of nitrogens with zero attached hydrogens (tertiary/aromatic N) is 2. The first-order valence-electron chi connectivity index (χ1n) is 6.53. The van der Waals surface area contributed by atoms with Crippen LogP contribution in [0.1, 0.15) is 32.7 Å². The third-order valence-electron chi connectivity index (χ3n) is 3.47. The number of anilines is 1. The second kappa shape index (κ2) is 6.19. The maximum absolute atomic E-state index is 11.2. The Morgan fingerprint density at radius 3 is 2.59 bits per heavy atom. The van der Waals surface area contributed by atoms with Crippen molar-refractivity contribution in [2.45, 2.75) is 20.3 Å². The van der Waals surface area contributed by atoms with Crippen LogP contribution >= 0.6 is 11.6 Å². The first-order chi connectivity index (χ1) is 10.3. The number of carbonyl (C=O) groups is 1. The van der Waals surface area contributed by atoms with Gasteiger partial charge in [-0.2, -0.15) is 0 Å². The van der Waals surface area contributed by atoms with Gasteiger partial charge in [0.05, 0.1) is 12.7 Å². The van der Waals surface area contributed by atoms with Crippen molar-refractivity contribution in [2.75, 3.05) is 12.8 Å². The lowest BCUT2D eigenvalue weighted by Crippen LogP contribution is -2.07. The highest BCUT2D eigenvalue weighted by atomic mass is 35.5. The molecule has 1 aromatic carbocycles. The van der Waals surface area contributed by atoms with Crippen molar-refractivity contribution < 1.29 is 14.6 Å². The zero-order valence-corrected chi connectivity index (χ0v) is 13.2. The zero-order valence-electron chi connectivity index (χ0n) is 12.5. The molecule has 0 atom stereocenters. The lowest BCUT2D eigenvalue weighted by molar-refractivity contribution is 0.0695. The molecule has 116 valence electrons. The molecule has 2 aromatic rings. The number of hydrogen-bond acceptors (Lipinski definition) is 5. The zero-order chi connectivity index (χ0) is 16.4. The average Bonchev–Trinajstić information content (AvgIpc) is 2.42. The van der Waals surface area contributed by atoms with Crippen molar-refractivity contribution in [1.82, 2.24) is 9.97 Å². The van der Waals surface area contributed by atoms with E-state index >= 15 is 0 Å². The molecule has 1 heterocycles. The molecular weight excluding hydrogens is 306 g/mol. The number of carboxylic acids is 1. The van der Waals surface area contributed by atoms with E-state index in [4.69, 9.17) is 22.1 Å². The number of nitrogens with two attached hydrogens (primary N) is 1. The van der Waals surface area contributed by atoms with Crippen molar-refractivity contribution in [2.24, 2.45) is 0 Å². The number of ether oxygens (including phenoxy) is 1. The Kier molecular flexibility index (Phi) is 4.51. The molecule has 0 aliphatic heterocycles. The van der Waals surface area contributed by atoms with Gasteiger partial charge in [0.1, 0.15) is 10.9 Å². The Morgan fingerprint density at radius 1 is 1.36 bits per heavy atom. The SMILES string of the molecule is COc1c(Cc2c(C)nc(N)nc2Cl)ccc(C(=O)O)c1C.